The number of anilines is 2. The van der Waals surface area contributed by atoms with Gasteiger partial charge < -0.3 is 15.8 Å². The molecule has 0 aromatic heterocycles. The summed E-state index contributed by atoms with van der Waals surface area (Å²) in [7, 11) is 0. The summed E-state index contributed by atoms with van der Waals surface area (Å²) in [4.78, 5) is 11.6. The van der Waals surface area contributed by atoms with Crippen LogP contribution in [0.2, 0.25) is 0 Å². The topological polar surface area (TPSA) is 64.3 Å². The van der Waals surface area contributed by atoms with Crippen molar-refractivity contribution in [1.29, 1.82) is 0 Å². The number of alkyl halides is 2. The number of nitrogens with two attached hydrogens (primary N) is 1. The summed E-state index contributed by atoms with van der Waals surface area (Å²) >= 11 is 0. The molecule has 6 heteroatoms. The lowest BCUT2D eigenvalue weighted by Crippen LogP contribution is -2.14. The van der Waals surface area contributed by atoms with Crippen molar-refractivity contribution in [3.63, 3.8) is 0 Å². The van der Waals surface area contributed by atoms with Gasteiger partial charge in [-0.05, 0) is 31.0 Å². The molecule has 0 aliphatic rings. The molecule has 0 fully saturated rings. The molecule has 0 spiro atoms. The predicted octanol–water partition coefficient (Wildman–Crippen LogP) is 2.58. The number of carbonyl (C=O) groups is 1. The van der Waals surface area contributed by atoms with Crippen LogP contribution in [0.3, 0.4) is 0 Å². The van der Waals surface area contributed by atoms with Gasteiger partial charge in [0.05, 0.1) is 0 Å². The lowest BCUT2D eigenvalue weighted by molar-refractivity contribution is -0.116. The highest BCUT2D eigenvalue weighted by Crippen LogP contribution is 2.20. The van der Waals surface area contributed by atoms with Crippen LogP contribution in [0, 0.1) is 6.92 Å². The first-order valence-corrected chi connectivity index (χ1v) is 6.01. The lowest BCUT2D eigenvalue weighted by atomic mass is 10.1. The molecular weight excluding hydrogens is 254 g/mol. The predicted molar refractivity (Wildman–Crippen MR) is 70.3 cm³/mol. The first-order valence-electron chi connectivity index (χ1n) is 6.01. The van der Waals surface area contributed by atoms with Crippen molar-refractivity contribution in [1.82, 2.24) is 0 Å². The number of nitrogens with one attached hydrogen (secondary N) is 1. The van der Waals surface area contributed by atoms with Crippen molar-refractivity contribution in [2.24, 2.45) is 0 Å². The molecule has 0 unspecified atom stereocenters. The Labute approximate surface area is 110 Å². The molecule has 0 heterocycles. The van der Waals surface area contributed by atoms with Crippen molar-refractivity contribution in [2.75, 3.05) is 24.3 Å². The molecule has 0 aliphatic heterocycles. The highest BCUT2D eigenvalue weighted by Gasteiger charge is 2.07. The minimum absolute atomic E-state index is 0.146. The van der Waals surface area contributed by atoms with Crippen molar-refractivity contribution in [3.8, 4) is 0 Å². The summed E-state index contributed by atoms with van der Waals surface area (Å²) in [5.74, 6) is -0.186. The fourth-order valence-corrected chi connectivity index (χ4v) is 1.51. The third kappa shape index (κ3) is 5.65. The van der Waals surface area contributed by atoms with Gasteiger partial charge in [0.25, 0.3) is 6.43 Å². The zero-order valence-electron chi connectivity index (χ0n) is 10.8. The first-order chi connectivity index (χ1) is 9.00. The summed E-state index contributed by atoms with van der Waals surface area (Å²) < 4.78 is 28.2. The molecule has 0 bridgehead atoms. The van der Waals surface area contributed by atoms with Crippen molar-refractivity contribution < 1.29 is 18.3 Å². The number of benzene rings is 1. The molecule has 0 atom stereocenters. The molecule has 0 saturated heterocycles. The smallest absolute Gasteiger partial charge is 0.261 e. The van der Waals surface area contributed by atoms with Crippen LogP contribution in [0.4, 0.5) is 20.2 Å². The zero-order valence-corrected chi connectivity index (χ0v) is 10.8. The highest BCUT2D eigenvalue weighted by atomic mass is 19.3. The Morgan fingerprint density at radius 3 is 2.89 bits per heavy atom. The van der Waals surface area contributed by atoms with Gasteiger partial charge in [0.1, 0.15) is 6.61 Å². The van der Waals surface area contributed by atoms with E-state index in [4.69, 9.17) is 5.73 Å². The van der Waals surface area contributed by atoms with Crippen LogP contribution in [-0.2, 0) is 9.53 Å². The Bertz CT molecular complexity index is 425. The molecule has 0 radical (unpaired) electrons. The molecule has 1 aromatic carbocycles. The van der Waals surface area contributed by atoms with Gasteiger partial charge in [0.15, 0.2) is 0 Å². The van der Waals surface area contributed by atoms with E-state index < -0.39 is 13.0 Å². The molecule has 3 N–H and O–H groups in total. The van der Waals surface area contributed by atoms with Gasteiger partial charge in [-0.15, -0.1) is 0 Å². The van der Waals surface area contributed by atoms with Crippen LogP contribution in [0.25, 0.3) is 0 Å². The first kappa shape index (κ1) is 15.4. The Morgan fingerprint density at radius 2 is 2.21 bits per heavy atom. The fourth-order valence-electron chi connectivity index (χ4n) is 1.51. The van der Waals surface area contributed by atoms with Crippen LogP contribution in [0.5, 0.6) is 0 Å². The second-order valence-corrected chi connectivity index (χ2v) is 4.14. The van der Waals surface area contributed by atoms with Crippen molar-refractivity contribution in [3.05, 3.63) is 23.8 Å². The van der Waals surface area contributed by atoms with Crippen molar-refractivity contribution in [2.45, 2.75) is 26.2 Å². The number of hydrogen-bond acceptors (Lipinski definition) is 3. The molecule has 0 saturated carbocycles. The number of nitrogen functional groups attached to an aromatic ring is 1. The Hall–Kier alpha value is -1.69. The second-order valence-electron chi connectivity index (χ2n) is 4.14. The van der Waals surface area contributed by atoms with Crippen molar-refractivity contribution >= 4 is 17.3 Å². The average Bonchev–Trinajstić information content (AvgIpc) is 2.34. The third-order valence-corrected chi connectivity index (χ3v) is 2.59. The van der Waals surface area contributed by atoms with Gasteiger partial charge in [-0.25, -0.2) is 8.78 Å². The van der Waals surface area contributed by atoms with Gasteiger partial charge >= 0.3 is 0 Å². The monoisotopic (exact) mass is 272 g/mol. The molecule has 106 valence electrons. The largest absolute Gasteiger partial charge is 0.398 e. The number of carbonyl (C=O) groups excluding carboxylic acids is 1. The quantitative estimate of drug-likeness (QED) is 0.592. The average molecular weight is 272 g/mol. The number of ether oxygens (including phenoxy) is 1. The van der Waals surface area contributed by atoms with E-state index in [1.165, 1.54) is 0 Å². The van der Waals surface area contributed by atoms with Crippen LogP contribution < -0.4 is 11.1 Å². The maximum atomic E-state index is 11.8. The maximum Gasteiger partial charge on any atom is 0.261 e. The highest BCUT2D eigenvalue weighted by molar-refractivity contribution is 5.92. The van der Waals surface area contributed by atoms with E-state index in [1.807, 2.05) is 6.92 Å². The van der Waals surface area contributed by atoms with E-state index >= 15 is 0 Å². The van der Waals surface area contributed by atoms with E-state index in [0.717, 1.165) is 5.56 Å². The van der Waals surface area contributed by atoms with Crippen LogP contribution in [-0.4, -0.2) is 25.5 Å². The molecule has 1 aromatic rings. The van der Waals surface area contributed by atoms with Crippen LogP contribution in [0.15, 0.2) is 18.2 Å². The summed E-state index contributed by atoms with van der Waals surface area (Å²) in [5.41, 5.74) is 7.81. The number of amides is 1. The summed E-state index contributed by atoms with van der Waals surface area (Å²) in [6.07, 6.45) is -1.85. The minimum atomic E-state index is -2.47. The molecule has 4 nitrogen and oxygen atoms in total. The standard InChI is InChI=1S/C13H18F2N2O2/c1-9-10(16)4-2-5-11(9)17-13(18)6-3-7-19-8-12(14)15/h2,4-5,12H,3,6-8,16H2,1H3,(H,17,18). The third-order valence-electron chi connectivity index (χ3n) is 2.59. The fraction of sp³-hybridized carbons (Fsp3) is 0.462. The second kappa shape index (κ2) is 7.68. The number of halogens is 2. The molecular formula is C13H18F2N2O2. The van der Waals surface area contributed by atoms with E-state index in [-0.39, 0.29) is 18.9 Å². The Morgan fingerprint density at radius 1 is 1.47 bits per heavy atom. The van der Waals surface area contributed by atoms with E-state index in [9.17, 15) is 13.6 Å². The van der Waals surface area contributed by atoms with Gasteiger partial charge in [-0.1, -0.05) is 6.07 Å². The molecule has 1 amide bonds. The normalized spacial score (nSPS) is 10.7. The van der Waals surface area contributed by atoms with Crippen LogP contribution >= 0.6 is 0 Å². The van der Waals surface area contributed by atoms with E-state index in [2.05, 4.69) is 10.1 Å². The maximum absolute atomic E-state index is 11.8. The Balaban J connectivity index is 2.29. The summed E-state index contributed by atoms with van der Waals surface area (Å²) in [6.45, 7) is 1.38. The van der Waals surface area contributed by atoms with Crippen LogP contribution in [0.1, 0.15) is 18.4 Å². The van der Waals surface area contributed by atoms with Gasteiger partial charge in [-0.3, -0.25) is 4.79 Å². The molecule has 1 rings (SSSR count). The zero-order chi connectivity index (χ0) is 14.3. The number of hydrogen-bond donors (Lipinski definition) is 2. The van der Waals surface area contributed by atoms with Gasteiger partial charge in [-0.2, -0.15) is 0 Å². The van der Waals surface area contributed by atoms with Gasteiger partial charge in [0.2, 0.25) is 5.91 Å². The molecule has 0 aliphatic carbocycles. The number of rotatable bonds is 7. The summed E-state index contributed by atoms with van der Waals surface area (Å²) in [6, 6.07) is 5.27. The Kier molecular flexibility index (Phi) is 6.21. The lowest BCUT2D eigenvalue weighted by Gasteiger charge is -2.10. The van der Waals surface area contributed by atoms with E-state index in [1.54, 1.807) is 18.2 Å². The van der Waals surface area contributed by atoms with E-state index in [0.29, 0.717) is 17.8 Å². The minimum Gasteiger partial charge on any atom is -0.398 e. The SMILES string of the molecule is Cc1c(N)cccc1NC(=O)CCCOCC(F)F. The molecule has 19 heavy (non-hydrogen) atoms. The summed E-state index contributed by atoms with van der Waals surface area (Å²) in [5, 5.41) is 2.73. The van der Waals surface area contributed by atoms with Gasteiger partial charge in [0, 0.05) is 24.4 Å².